The number of urea groups is 1. The highest BCUT2D eigenvalue weighted by Crippen LogP contribution is 2.21. The normalized spacial score (nSPS) is 21.6. The van der Waals surface area contributed by atoms with Gasteiger partial charge in [-0.05, 0) is 6.92 Å². The first-order valence-corrected chi connectivity index (χ1v) is 6.33. The molecule has 2 unspecified atom stereocenters. The van der Waals surface area contributed by atoms with Crippen molar-refractivity contribution in [2.24, 2.45) is 0 Å². The van der Waals surface area contributed by atoms with Crippen LogP contribution in [-0.4, -0.2) is 78.9 Å². The van der Waals surface area contributed by atoms with Gasteiger partial charge in [0.25, 0.3) is 0 Å². The van der Waals surface area contributed by atoms with Gasteiger partial charge < -0.3 is 24.4 Å². The number of rotatable bonds is 5. The molecule has 8 nitrogen and oxygen atoms in total. The summed E-state index contributed by atoms with van der Waals surface area (Å²) in [6.07, 6.45) is -0.0683. The molecule has 0 radical (unpaired) electrons. The Hall–Kier alpha value is -1.83. The molecule has 2 amide bonds. The molecule has 2 atom stereocenters. The van der Waals surface area contributed by atoms with Crippen LogP contribution < -0.4 is 0 Å². The van der Waals surface area contributed by atoms with Crippen LogP contribution in [0.4, 0.5) is 4.79 Å². The summed E-state index contributed by atoms with van der Waals surface area (Å²) in [6.45, 7) is 1.88. The SMILES string of the molecule is CCOC(=O)CN(C)C(=O)N1CC(OC)CC1C(=O)O. The summed E-state index contributed by atoms with van der Waals surface area (Å²) in [4.78, 5) is 37.0. The lowest BCUT2D eigenvalue weighted by atomic mass is 10.2. The Morgan fingerprint density at radius 2 is 2.05 bits per heavy atom. The zero-order valence-electron chi connectivity index (χ0n) is 11.9. The van der Waals surface area contributed by atoms with Gasteiger partial charge in [-0.1, -0.05) is 0 Å². The number of hydrogen-bond donors (Lipinski definition) is 1. The first kappa shape index (κ1) is 16.2. The number of likely N-dealkylation sites (tertiary alicyclic amines) is 1. The lowest BCUT2D eigenvalue weighted by Gasteiger charge is -2.26. The van der Waals surface area contributed by atoms with Gasteiger partial charge in [0.15, 0.2) is 0 Å². The average molecular weight is 288 g/mol. The summed E-state index contributed by atoms with van der Waals surface area (Å²) in [5.74, 6) is -1.61. The second-order valence-electron chi connectivity index (χ2n) is 4.54. The molecule has 8 heteroatoms. The molecule has 1 N–H and O–H groups in total. The number of amides is 2. The fourth-order valence-corrected chi connectivity index (χ4v) is 2.10. The highest BCUT2D eigenvalue weighted by molar-refractivity contribution is 5.85. The van der Waals surface area contributed by atoms with E-state index in [0.29, 0.717) is 0 Å². The molecule has 1 fully saturated rings. The average Bonchev–Trinajstić information content (AvgIpc) is 2.82. The van der Waals surface area contributed by atoms with Gasteiger partial charge in [-0.25, -0.2) is 9.59 Å². The predicted octanol–water partition coefficient (Wildman–Crippen LogP) is -0.225. The Labute approximate surface area is 117 Å². The number of hydrogen-bond acceptors (Lipinski definition) is 5. The fourth-order valence-electron chi connectivity index (χ4n) is 2.10. The fraction of sp³-hybridized carbons (Fsp3) is 0.750. The third kappa shape index (κ3) is 3.83. The smallest absolute Gasteiger partial charge is 0.326 e. The molecule has 1 rings (SSSR count). The van der Waals surface area contributed by atoms with Crippen molar-refractivity contribution in [3.8, 4) is 0 Å². The molecular weight excluding hydrogens is 268 g/mol. The summed E-state index contributed by atoms with van der Waals surface area (Å²) in [6, 6.07) is -1.46. The predicted molar refractivity (Wildman–Crippen MR) is 68.2 cm³/mol. The third-order valence-electron chi connectivity index (χ3n) is 3.12. The minimum atomic E-state index is -1.08. The van der Waals surface area contributed by atoms with Crippen molar-refractivity contribution < 1.29 is 29.0 Å². The van der Waals surface area contributed by atoms with Crippen molar-refractivity contribution in [1.82, 2.24) is 9.80 Å². The molecule has 0 aromatic carbocycles. The standard InChI is InChI=1S/C12H20N2O6/c1-4-20-10(15)7-13(2)12(18)14-6-8(19-3)5-9(14)11(16)17/h8-9H,4-7H2,1-3H3,(H,16,17). The van der Waals surface area contributed by atoms with Crippen LogP contribution in [0.2, 0.25) is 0 Å². The number of carbonyl (C=O) groups is 3. The second-order valence-corrected chi connectivity index (χ2v) is 4.54. The maximum absolute atomic E-state index is 12.2. The molecule has 20 heavy (non-hydrogen) atoms. The van der Waals surface area contributed by atoms with Gasteiger partial charge >= 0.3 is 18.0 Å². The van der Waals surface area contributed by atoms with E-state index in [1.54, 1.807) is 6.92 Å². The highest BCUT2D eigenvalue weighted by atomic mass is 16.5. The molecule has 0 aliphatic carbocycles. The molecular formula is C12H20N2O6. The van der Waals surface area contributed by atoms with Crippen LogP contribution in [0.1, 0.15) is 13.3 Å². The van der Waals surface area contributed by atoms with Gasteiger partial charge in [0, 0.05) is 27.1 Å². The molecule has 0 bridgehead atoms. The number of likely N-dealkylation sites (N-methyl/N-ethyl adjacent to an activating group) is 1. The summed E-state index contributed by atoms with van der Waals surface area (Å²) in [5.41, 5.74) is 0. The largest absolute Gasteiger partial charge is 0.480 e. The molecule has 0 saturated carbocycles. The van der Waals surface area contributed by atoms with E-state index in [2.05, 4.69) is 0 Å². The summed E-state index contributed by atoms with van der Waals surface area (Å²) < 4.78 is 9.85. The van der Waals surface area contributed by atoms with Crippen molar-refractivity contribution in [3.05, 3.63) is 0 Å². The minimum Gasteiger partial charge on any atom is -0.480 e. The molecule has 1 saturated heterocycles. The Bertz CT molecular complexity index is 386. The number of ether oxygens (including phenoxy) is 2. The number of esters is 1. The van der Waals surface area contributed by atoms with Crippen molar-refractivity contribution >= 4 is 18.0 Å². The Balaban J connectivity index is 2.68. The van der Waals surface area contributed by atoms with Crippen LogP contribution in [0.5, 0.6) is 0 Å². The van der Waals surface area contributed by atoms with Gasteiger partial charge in [-0.15, -0.1) is 0 Å². The first-order valence-electron chi connectivity index (χ1n) is 6.33. The van der Waals surface area contributed by atoms with E-state index in [9.17, 15) is 14.4 Å². The van der Waals surface area contributed by atoms with Crippen LogP contribution >= 0.6 is 0 Å². The zero-order valence-corrected chi connectivity index (χ0v) is 11.9. The van der Waals surface area contributed by atoms with E-state index in [4.69, 9.17) is 14.6 Å². The van der Waals surface area contributed by atoms with Gasteiger partial charge in [-0.2, -0.15) is 0 Å². The Kier molecular flexibility index (Phi) is 5.75. The summed E-state index contributed by atoms with van der Waals surface area (Å²) in [7, 11) is 2.90. The quantitative estimate of drug-likeness (QED) is 0.702. The zero-order chi connectivity index (χ0) is 15.3. The van der Waals surface area contributed by atoms with Gasteiger partial charge in [0.05, 0.1) is 12.7 Å². The highest BCUT2D eigenvalue weighted by Gasteiger charge is 2.41. The molecule has 1 heterocycles. The van der Waals surface area contributed by atoms with Gasteiger partial charge in [0.2, 0.25) is 0 Å². The maximum atomic E-state index is 12.2. The number of carbonyl (C=O) groups excluding carboxylic acids is 2. The van der Waals surface area contributed by atoms with E-state index >= 15 is 0 Å². The number of aliphatic carboxylic acids is 1. The van der Waals surface area contributed by atoms with Crippen molar-refractivity contribution in [2.75, 3.05) is 33.9 Å². The molecule has 0 aromatic heterocycles. The number of carboxylic acids is 1. The molecule has 114 valence electrons. The second kappa shape index (κ2) is 7.09. The number of nitrogens with zero attached hydrogens (tertiary/aromatic N) is 2. The van der Waals surface area contributed by atoms with E-state index in [1.807, 2.05) is 0 Å². The monoisotopic (exact) mass is 288 g/mol. The van der Waals surface area contributed by atoms with Crippen LogP contribution in [0.15, 0.2) is 0 Å². The van der Waals surface area contributed by atoms with Crippen LogP contribution in [0.25, 0.3) is 0 Å². The van der Waals surface area contributed by atoms with E-state index in [0.717, 1.165) is 4.90 Å². The molecule has 1 aliphatic heterocycles. The lowest BCUT2D eigenvalue weighted by molar-refractivity contribution is -0.143. The topological polar surface area (TPSA) is 96.4 Å². The Morgan fingerprint density at radius 3 is 2.55 bits per heavy atom. The lowest BCUT2D eigenvalue weighted by Crippen LogP contribution is -2.48. The van der Waals surface area contributed by atoms with Crippen molar-refractivity contribution in [3.63, 3.8) is 0 Å². The van der Waals surface area contributed by atoms with Gasteiger partial charge in [0.1, 0.15) is 12.6 Å². The molecule has 0 spiro atoms. The first-order chi connectivity index (χ1) is 9.40. The van der Waals surface area contributed by atoms with E-state index in [-0.39, 0.29) is 32.2 Å². The van der Waals surface area contributed by atoms with Crippen molar-refractivity contribution in [2.45, 2.75) is 25.5 Å². The number of carboxylic acid groups (broad SMARTS) is 1. The third-order valence-corrected chi connectivity index (χ3v) is 3.12. The van der Waals surface area contributed by atoms with Crippen LogP contribution in [0, 0.1) is 0 Å². The van der Waals surface area contributed by atoms with Crippen LogP contribution in [-0.2, 0) is 19.1 Å². The summed E-state index contributed by atoms with van der Waals surface area (Å²) >= 11 is 0. The Morgan fingerprint density at radius 1 is 1.40 bits per heavy atom. The molecule has 1 aliphatic rings. The van der Waals surface area contributed by atoms with E-state index in [1.165, 1.54) is 19.1 Å². The molecule has 0 aromatic rings. The number of methoxy groups -OCH3 is 1. The van der Waals surface area contributed by atoms with E-state index < -0.39 is 24.0 Å². The van der Waals surface area contributed by atoms with Crippen molar-refractivity contribution in [1.29, 1.82) is 0 Å². The van der Waals surface area contributed by atoms with Gasteiger partial charge in [-0.3, -0.25) is 4.79 Å². The maximum Gasteiger partial charge on any atom is 0.326 e. The minimum absolute atomic E-state index is 0.194. The summed E-state index contributed by atoms with van der Waals surface area (Å²) in [5, 5.41) is 9.13. The van der Waals surface area contributed by atoms with Crippen LogP contribution in [0.3, 0.4) is 0 Å².